The number of carbonyl (C=O) groups excluding carboxylic acids is 3. The zero-order valence-electron chi connectivity index (χ0n) is 20.1. The van der Waals surface area contributed by atoms with E-state index >= 15 is 0 Å². The predicted molar refractivity (Wildman–Crippen MR) is 134 cm³/mol. The summed E-state index contributed by atoms with van der Waals surface area (Å²) in [7, 11) is 1.81. The summed E-state index contributed by atoms with van der Waals surface area (Å²) >= 11 is 1.24. The Kier molecular flexibility index (Phi) is 9.02. The molecule has 1 heterocycles. The fraction of sp³-hybridized carbons (Fsp3) is 0.320. The topological polar surface area (TPSA) is 115 Å². The molecule has 0 aliphatic heterocycles. The van der Waals surface area contributed by atoms with Gasteiger partial charge in [-0.1, -0.05) is 43.8 Å². The van der Waals surface area contributed by atoms with Crippen molar-refractivity contribution in [2.75, 3.05) is 17.7 Å². The van der Waals surface area contributed by atoms with Crippen LogP contribution < -0.4 is 10.6 Å². The van der Waals surface area contributed by atoms with Crippen molar-refractivity contribution in [1.82, 2.24) is 20.1 Å². The smallest absolute Gasteiger partial charge is 0.338 e. The number of aromatic nitrogens is 3. The predicted octanol–water partition coefficient (Wildman–Crippen LogP) is 3.85. The highest BCUT2D eigenvalue weighted by Gasteiger charge is 2.25. The summed E-state index contributed by atoms with van der Waals surface area (Å²) in [5.74, 6) is -0.00490. The summed E-state index contributed by atoms with van der Waals surface area (Å²) in [4.78, 5) is 36.9. The van der Waals surface area contributed by atoms with Gasteiger partial charge in [-0.15, -0.1) is 10.2 Å². The summed E-state index contributed by atoms with van der Waals surface area (Å²) in [6.07, 6.45) is 0. The lowest BCUT2D eigenvalue weighted by molar-refractivity contribution is -0.113. The molecule has 9 nitrogen and oxygen atoms in total. The van der Waals surface area contributed by atoms with Crippen molar-refractivity contribution in [3.05, 3.63) is 71.5 Å². The molecule has 2 aromatic carbocycles. The Morgan fingerprint density at radius 3 is 2.31 bits per heavy atom. The molecule has 2 N–H and O–H groups in total. The number of esters is 1. The van der Waals surface area contributed by atoms with Crippen LogP contribution in [0.2, 0.25) is 0 Å². The number of rotatable bonds is 10. The molecule has 1 aromatic heterocycles. The molecule has 1 atom stereocenters. The molecule has 0 unspecified atom stereocenters. The molecule has 0 saturated carbocycles. The third kappa shape index (κ3) is 6.92. The SMILES string of the molecule is CCOC(=O)c1ccc(NC(=O)CSc2nnc([C@H](NC(=O)c3ccccc3)C(C)C)n2C)cc1. The summed E-state index contributed by atoms with van der Waals surface area (Å²) in [5.41, 5.74) is 1.57. The monoisotopic (exact) mass is 495 g/mol. The number of nitrogens with one attached hydrogen (secondary N) is 2. The number of nitrogens with zero attached hydrogens (tertiary/aromatic N) is 3. The summed E-state index contributed by atoms with van der Waals surface area (Å²) in [6, 6.07) is 15.2. The lowest BCUT2D eigenvalue weighted by Crippen LogP contribution is -2.33. The van der Waals surface area contributed by atoms with E-state index < -0.39 is 5.97 Å². The largest absolute Gasteiger partial charge is 0.462 e. The van der Waals surface area contributed by atoms with E-state index in [4.69, 9.17) is 4.74 Å². The van der Waals surface area contributed by atoms with Crippen molar-refractivity contribution < 1.29 is 19.1 Å². The van der Waals surface area contributed by atoms with Gasteiger partial charge in [0.1, 0.15) is 0 Å². The van der Waals surface area contributed by atoms with E-state index in [9.17, 15) is 14.4 Å². The molecule has 0 bridgehead atoms. The second-order valence-electron chi connectivity index (χ2n) is 8.10. The Morgan fingerprint density at radius 1 is 1.00 bits per heavy atom. The second kappa shape index (κ2) is 12.2. The van der Waals surface area contributed by atoms with Gasteiger partial charge < -0.3 is 19.9 Å². The van der Waals surface area contributed by atoms with Crippen molar-refractivity contribution in [2.45, 2.75) is 32.0 Å². The number of anilines is 1. The van der Waals surface area contributed by atoms with Gasteiger partial charge in [0.05, 0.1) is 24.0 Å². The van der Waals surface area contributed by atoms with Crippen molar-refractivity contribution in [3.8, 4) is 0 Å². The van der Waals surface area contributed by atoms with Crippen LogP contribution in [0.3, 0.4) is 0 Å². The Bertz CT molecular complexity index is 1160. The highest BCUT2D eigenvalue weighted by atomic mass is 32.2. The van der Waals surface area contributed by atoms with Gasteiger partial charge in [0.15, 0.2) is 11.0 Å². The highest BCUT2D eigenvalue weighted by Crippen LogP contribution is 2.24. The zero-order chi connectivity index (χ0) is 25.4. The van der Waals surface area contributed by atoms with Crippen LogP contribution >= 0.6 is 11.8 Å². The first-order chi connectivity index (χ1) is 16.8. The minimum atomic E-state index is -0.404. The quantitative estimate of drug-likeness (QED) is 0.324. The number of carbonyl (C=O) groups is 3. The van der Waals surface area contributed by atoms with Gasteiger partial charge in [-0.25, -0.2) is 4.79 Å². The third-order valence-electron chi connectivity index (χ3n) is 5.15. The van der Waals surface area contributed by atoms with Crippen molar-refractivity contribution >= 4 is 35.2 Å². The maximum atomic E-state index is 12.7. The molecule has 0 spiro atoms. The van der Waals surface area contributed by atoms with Crippen molar-refractivity contribution in [3.63, 3.8) is 0 Å². The lowest BCUT2D eigenvalue weighted by atomic mass is 10.0. The van der Waals surface area contributed by atoms with E-state index in [1.54, 1.807) is 47.9 Å². The molecule has 0 radical (unpaired) electrons. The van der Waals surface area contributed by atoms with Gasteiger partial charge in [0, 0.05) is 18.3 Å². The minimum Gasteiger partial charge on any atom is -0.462 e. The van der Waals surface area contributed by atoms with Gasteiger partial charge in [-0.2, -0.15) is 0 Å². The molecule has 0 saturated heterocycles. The number of hydrogen-bond acceptors (Lipinski definition) is 7. The lowest BCUT2D eigenvalue weighted by Gasteiger charge is -2.21. The first-order valence-corrected chi connectivity index (χ1v) is 12.2. The average Bonchev–Trinajstić information content (AvgIpc) is 3.21. The molecule has 3 aromatic rings. The number of amides is 2. The van der Waals surface area contributed by atoms with E-state index in [0.29, 0.717) is 34.4 Å². The van der Waals surface area contributed by atoms with Crippen LogP contribution in [0.1, 0.15) is 53.4 Å². The molecule has 0 aliphatic rings. The molecule has 2 amide bonds. The van der Waals surface area contributed by atoms with Crippen LogP contribution in [-0.4, -0.2) is 44.9 Å². The van der Waals surface area contributed by atoms with Crippen LogP contribution in [0.25, 0.3) is 0 Å². The van der Waals surface area contributed by atoms with Crippen LogP contribution in [0.15, 0.2) is 59.8 Å². The molecule has 10 heteroatoms. The third-order valence-corrected chi connectivity index (χ3v) is 6.17. The zero-order valence-corrected chi connectivity index (χ0v) is 21.0. The molecule has 0 aliphatic carbocycles. The van der Waals surface area contributed by atoms with Crippen molar-refractivity contribution in [2.24, 2.45) is 13.0 Å². The Morgan fingerprint density at radius 2 is 1.69 bits per heavy atom. The van der Waals surface area contributed by atoms with E-state index in [1.165, 1.54) is 11.8 Å². The maximum Gasteiger partial charge on any atom is 0.338 e. The number of ether oxygens (including phenoxy) is 1. The van der Waals surface area contributed by atoms with Crippen LogP contribution in [0, 0.1) is 5.92 Å². The maximum absolute atomic E-state index is 12.7. The van der Waals surface area contributed by atoms with Crippen molar-refractivity contribution in [1.29, 1.82) is 0 Å². The molecule has 0 fully saturated rings. The molecule has 184 valence electrons. The van der Waals surface area contributed by atoms with Gasteiger partial charge in [-0.3, -0.25) is 9.59 Å². The first kappa shape index (κ1) is 26.0. The molecular weight excluding hydrogens is 466 g/mol. The Hall–Kier alpha value is -3.66. The Labute approximate surface area is 208 Å². The normalized spacial score (nSPS) is 11.7. The first-order valence-electron chi connectivity index (χ1n) is 11.2. The van der Waals surface area contributed by atoms with Crippen LogP contribution in [0.5, 0.6) is 0 Å². The standard InChI is InChI=1S/C25H29N5O4S/c1-5-34-24(33)18-11-13-19(14-12-18)26-20(31)15-35-25-29-28-22(30(25)4)21(16(2)3)27-23(32)17-9-7-6-8-10-17/h6-14,16,21H,5,15H2,1-4H3,(H,26,31)(H,27,32)/t21-/m1/s1. The highest BCUT2D eigenvalue weighted by molar-refractivity contribution is 7.99. The van der Waals surface area contributed by atoms with Gasteiger partial charge in [0.2, 0.25) is 5.91 Å². The van der Waals surface area contributed by atoms with E-state index in [-0.39, 0.29) is 29.5 Å². The second-order valence-corrected chi connectivity index (χ2v) is 9.04. The molecular formula is C25H29N5O4S. The van der Waals surface area contributed by atoms with E-state index in [2.05, 4.69) is 20.8 Å². The summed E-state index contributed by atoms with van der Waals surface area (Å²) in [5, 5.41) is 14.9. The number of hydrogen-bond donors (Lipinski definition) is 2. The van der Waals surface area contributed by atoms with Gasteiger partial charge >= 0.3 is 5.97 Å². The number of thioether (sulfide) groups is 1. The van der Waals surface area contributed by atoms with Crippen LogP contribution in [0.4, 0.5) is 5.69 Å². The fourth-order valence-electron chi connectivity index (χ4n) is 3.30. The van der Waals surface area contributed by atoms with E-state index in [1.807, 2.05) is 39.1 Å². The van der Waals surface area contributed by atoms with Gasteiger partial charge in [-0.05, 0) is 49.2 Å². The fourth-order valence-corrected chi connectivity index (χ4v) is 4.02. The van der Waals surface area contributed by atoms with Gasteiger partial charge in [0.25, 0.3) is 5.91 Å². The summed E-state index contributed by atoms with van der Waals surface area (Å²) in [6.45, 7) is 6.04. The molecule has 3 rings (SSSR count). The number of benzene rings is 2. The molecule has 35 heavy (non-hydrogen) atoms. The Balaban J connectivity index is 1.60. The average molecular weight is 496 g/mol. The van der Waals surface area contributed by atoms with Crippen LogP contribution in [-0.2, 0) is 16.6 Å². The summed E-state index contributed by atoms with van der Waals surface area (Å²) < 4.78 is 6.75. The minimum absolute atomic E-state index is 0.0734. The van der Waals surface area contributed by atoms with E-state index in [0.717, 1.165) is 0 Å².